The van der Waals surface area contributed by atoms with Crippen LogP contribution in [0.5, 0.6) is 0 Å². The predicted molar refractivity (Wildman–Crippen MR) is 108 cm³/mol. The predicted octanol–water partition coefficient (Wildman–Crippen LogP) is 6.68. The lowest BCUT2D eigenvalue weighted by molar-refractivity contribution is 0.616. The Morgan fingerprint density at radius 1 is 0.577 bits per heavy atom. The number of benzene rings is 4. The minimum Gasteiger partial charge on any atom is -0.464 e. The van der Waals surface area contributed by atoms with E-state index in [2.05, 4.69) is 83.4 Å². The van der Waals surface area contributed by atoms with E-state index >= 15 is 0 Å². The minimum absolute atomic E-state index is 0.929. The summed E-state index contributed by atoms with van der Waals surface area (Å²) in [6.07, 6.45) is 1.76. The number of nitrogens with zero attached hydrogens (tertiary/aromatic N) is 1. The second-order valence-corrected chi connectivity index (χ2v) is 6.68. The van der Waals surface area contributed by atoms with Crippen molar-refractivity contribution >= 4 is 43.5 Å². The van der Waals surface area contributed by atoms with Gasteiger partial charge in [0.1, 0.15) is 5.58 Å². The number of rotatable bonds is 1. The molecule has 0 saturated heterocycles. The van der Waals surface area contributed by atoms with Crippen LogP contribution < -0.4 is 0 Å². The second kappa shape index (κ2) is 4.99. The lowest BCUT2D eigenvalue weighted by atomic mass is 10.1. The third-order valence-corrected chi connectivity index (χ3v) is 5.25. The highest BCUT2D eigenvalue weighted by Crippen LogP contribution is 2.36. The summed E-state index contributed by atoms with van der Waals surface area (Å²) in [6.45, 7) is 0. The van der Waals surface area contributed by atoms with Crippen LogP contribution >= 0.6 is 0 Å². The van der Waals surface area contributed by atoms with Crippen LogP contribution in [0.3, 0.4) is 0 Å². The van der Waals surface area contributed by atoms with Crippen molar-refractivity contribution in [2.75, 3.05) is 0 Å². The summed E-state index contributed by atoms with van der Waals surface area (Å²) >= 11 is 0. The molecule has 0 aliphatic rings. The Morgan fingerprint density at radius 2 is 1.38 bits per heavy atom. The van der Waals surface area contributed by atoms with E-state index in [9.17, 15) is 0 Å². The standard InChI is InChI=1S/C24H15NO/c1-2-8-18-16(6-1)7-5-11-21(18)25-22-10-4-3-9-19(22)20-15-24-17(12-13-26-24)14-23(20)25/h1-15H. The van der Waals surface area contributed by atoms with E-state index in [1.807, 2.05) is 6.07 Å². The summed E-state index contributed by atoms with van der Waals surface area (Å²) < 4.78 is 8.03. The molecule has 6 aromatic rings. The van der Waals surface area contributed by atoms with Gasteiger partial charge in [0.2, 0.25) is 0 Å². The van der Waals surface area contributed by atoms with Crippen LogP contribution in [-0.2, 0) is 0 Å². The van der Waals surface area contributed by atoms with Gasteiger partial charge in [-0.2, -0.15) is 0 Å². The van der Waals surface area contributed by atoms with E-state index in [-0.39, 0.29) is 0 Å². The van der Waals surface area contributed by atoms with Gasteiger partial charge in [0.15, 0.2) is 0 Å². The maximum atomic E-state index is 5.65. The zero-order valence-corrected chi connectivity index (χ0v) is 14.0. The highest BCUT2D eigenvalue weighted by Gasteiger charge is 2.15. The molecule has 0 aliphatic carbocycles. The van der Waals surface area contributed by atoms with Crippen LogP contribution in [0.2, 0.25) is 0 Å². The molecule has 0 unspecified atom stereocenters. The first-order chi connectivity index (χ1) is 12.9. The van der Waals surface area contributed by atoms with Crippen LogP contribution in [-0.4, -0.2) is 4.57 Å². The van der Waals surface area contributed by atoms with E-state index in [4.69, 9.17) is 4.42 Å². The van der Waals surface area contributed by atoms with E-state index in [0.717, 1.165) is 11.0 Å². The van der Waals surface area contributed by atoms with Gasteiger partial charge in [-0.3, -0.25) is 0 Å². The molecule has 0 N–H and O–H groups in total. The van der Waals surface area contributed by atoms with Crippen LogP contribution in [0.25, 0.3) is 49.2 Å². The first-order valence-electron chi connectivity index (χ1n) is 8.79. The Bertz CT molecular complexity index is 1430. The van der Waals surface area contributed by atoms with E-state index in [1.54, 1.807) is 6.26 Å². The molecular weight excluding hydrogens is 318 g/mol. The Labute approximate surface area is 149 Å². The van der Waals surface area contributed by atoms with Gasteiger partial charge in [-0.1, -0.05) is 54.6 Å². The Morgan fingerprint density at radius 3 is 2.35 bits per heavy atom. The molecule has 0 radical (unpaired) electrons. The van der Waals surface area contributed by atoms with Crippen LogP contribution in [0.4, 0.5) is 0 Å². The summed E-state index contributed by atoms with van der Waals surface area (Å²) in [6, 6.07) is 30.1. The Hall–Kier alpha value is -3.52. The fraction of sp³-hybridized carbons (Fsp3) is 0. The monoisotopic (exact) mass is 333 g/mol. The van der Waals surface area contributed by atoms with Crippen molar-refractivity contribution in [2.45, 2.75) is 0 Å². The zero-order chi connectivity index (χ0) is 17.1. The van der Waals surface area contributed by atoms with Crippen molar-refractivity contribution in [1.29, 1.82) is 0 Å². The van der Waals surface area contributed by atoms with Crippen LogP contribution in [0.15, 0.2) is 95.6 Å². The smallest absolute Gasteiger partial charge is 0.134 e. The minimum atomic E-state index is 0.929. The second-order valence-electron chi connectivity index (χ2n) is 6.68. The highest BCUT2D eigenvalue weighted by molar-refractivity contribution is 6.13. The summed E-state index contributed by atoms with van der Waals surface area (Å²) in [7, 11) is 0. The normalized spacial score (nSPS) is 11.8. The van der Waals surface area contributed by atoms with Gasteiger partial charge in [-0.05, 0) is 35.7 Å². The lowest BCUT2D eigenvalue weighted by Crippen LogP contribution is -1.94. The number of furan rings is 1. The molecule has 2 heterocycles. The topological polar surface area (TPSA) is 18.1 Å². The molecule has 6 rings (SSSR count). The number of fused-ring (bicyclic) bond motifs is 5. The maximum absolute atomic E-state index is 5.65. The molecule has 2 nitrogen and oxygen atoms in total. The summed E-state index contributed by atoms with van der Waals surface area (Å²) in [5.74, 6) is 0. The van der Waals surface area contributed by atoms with Crippen molar-refractivity contribution in [2.24, 2.45) is 0 Å². The molecule has 4 aromatic carbocycles. The summed E-state index contributed by atoms with van der Waals surface area (Å²) in [4.78, 5) is 0. The van der Waals surface area contributed by atoms with Crippen LogP contribution in [0.1, 0.15) is 0 Å². The Balaban J connectivity index is 1.87. The van der Waals surface area contributed by atoms with Gasteiger partial charge in [0.25, 0.3) is 0 Å². The van der Waals surface area contributed by atoms with Gasteiger partial charge in [-0.25, -0.2) is 0 Å². The average Bonchev–Trinajstić information content (AvgIpc) is 3.27. The maximum Gasteiger partial charge on any atom is 0.134 e. The van der Waals surface area contributed by atoms with Crippen molar-refractivity contribution in [1.82, 2.24) is 4.57 Å². The van der Waals surface area contributed by atoms with Gasteiger partial charge >= 0.3 is 0 Å². The van der Waals surface area contributed by atoms with Gasteiger partial charge in [0.05, 0.1) is 23.0 Å². The van der Waals surface area contributed by atoms with Crippen molar-refractivity contribution in [3.8, 4) is 5.69 Å². The Kier molecular flexibility index (Phi) is 2.64. The SMILES string of the molecule is c1ccc2c(-n3c4ccccc4c4cc5occc5cc43)cccc2c1. The van der Waals surface area contributed by atoms with Gasteiger partial charge in [-0.15, -0.1) is 0 Å². The van der Waals surface area contributed by atoms with Crippen molar-refractivity contribution < 1.29 is 4.42 Å². The van der Waals surface area contributed by atoms with E-state index in [1.165, 1.54) is 38.3 Å². The van der Waals surface area contributed by atoms with Crippen LogP contribution in [0, 0.1) is 0 Å². The number of aromatic nitrogens is 1. The zero-order valence-electron chi connectivity index (χ0n) is 14.0. The molecule has 0 spiro atoms. The van der Waals surface area contributed by atoms with Gasteiger partial charge in [0, 0.05) is 21.5 Å². The molecule has 0 fully saturated rings. The largest absolute Gasteiger partial charge is 0.464 e. The quantitative estimate of drug-likeness (QED) is 0.328. The summed E-state index contributed by atoms with van der Waals surface area (Å²) in [5, 5.41) is 6.09. The van der Waals surface area contributed by atoms with Gasteiger partial charge < -0.3 is 8.98 Å². The fourth-order valence-electron chi connectivity index (χ4n) is 4.09. The molecule has 0 atom stereocenters. The molecular formula is C24H15NO. The van der Waals surface area contributed by atoms with E-state index in [0.29, 0.717) is 0 Å². The third-order valence-electron chi connectivity index (χ3n) is 5.25. The molecule has 0 saturated carbocycles. The molecule has 0 aliphatic heterocycles. The number of para-hydroxylation sites is 1. The molecule has 0 bridgehead atoms. The first kappa shape index (κ1) is 13.7. The summed E-state index contributed by atoms with van der Waals surface area (Å²) in [5.41, 5.74) is 4.55. The van der Waals surface area contributed by atoms with Crippen molar-refractivity contribution in [3.63, 3.8) is 0 Å². The molecule has 122 valence electrons. The number of hydrogen-bond acceptors (Lipinski definition) is 1. The first-order valence-corrected chi connectivity index (χ1v) is 8.79. The molecule has 26 heavy (non-hydrogen) atoms. The molecule has 2 aromatic heterocycles. The molecule has 0 amide bonds. The average molecular weight is 333 g/mol. The number of hydrogen-bond donors (Lipinski definition) is 0. The third kappa shape index (κ3) is 1.76. The lowest BCUT2D eigenvalue weighted by Gasteiger charge is -2.11. The molecule has 2 heteroatoms. The fourth-order valence-corrected chi connectivity index (χ4v) is 4.09. The van der Waals surface area contributed by atoms with Crippen molar-refractivity contribution in [3.05, 3.63) is 91.2 Å². The van der Waals surface area contributed by atoms with E-state index < -0.39 is 0 Å². The highest BCUT2D eigenvalue weighted by atomic mass is 16.3.